The molecule has 1 fully saturated rings. The quantitative estimate of drug-likeness (QED) is 0.775. The normalized spacial score (nSPS) is 15.2. The van der Waals surface area contributed by atoms with Crippen molar-refractivity contribution < 1.29 is 0 Å². The first kappa shape index (κ1) is 12.4. The minimum Gasteiger partial charge on any atom is -0.385 e. The van der Waals surface area contributed by atoms with Crippen LogP contribution in [-0.4, -0.2) is 24.5 Å². The van der Waals surface area contributed by atoms with Crippen molar-refractivity contribution in [3.8, 4) is 0 Å². The molecule has 1 aliphatic rings. The van der Waals surface area contributed by atoms with E-state index in [-0.39, 0.29) is 0 Å². The smallest absolute Gasteiger partial charge is 0.0340 e. The Morgan fingerprint density at radius 2 is 1.76 bits per heavy atom. The molecule has 17 heavy (non-hydrogen) atoms. The summed E-state index contributed by atoms with van der Waals surface area (Å²) in [5.74, 6) is 0.936. The van der Waals surface area contributed by atoms with E-state index >= 15 is 0 Å². The van der Waals surface area contributed by atoms with Gasteiger partial charge in [-0.1, -0.05) is 26.0 Å². The van der Waals surface area contributed by atoms with Crippen molar-refractivity contribution in [2.45, 2.75) is 33.2 Å². The SMILES string of the molecule is CCN(CC)Cc1ccc(NCC2CC2)cc1. The second-order valence-corrected chi connectivity index (χ2v) is 4.98. The van der Waals surface area contributed by atoms with E-state index in [4.69, 9.17) is 0 Å². The standard InChI is InChI=1S/C15H24N2/c1-3-17(4-2)12-14-7-9-15(10-8-14)16-11-13-5-6-13/h7-10,13,16H,3-6,11-12H2,1-2H3. The summed E-state index contributed by atoms with van der Waals surface area (Å²) in [5.41, 5.74) is 2.67. The molecule has 1 aromatic rings. The Morgan fingerprint density at radius 3 is 2.29 bits per heavy atom. The summed E-state index contributed by atoms with van der Waals surface area (Å²) in [6.07, 6.45) is 2.82. The van der Waals surface area contributed by atoms with Crippen LogP contribution in [0.15, 0.2) is 24.3 Å². The van der Waals surface area contributed by atoms with E-state index in [2.05, 4.69) is 48.3 Å². The Labute approximate surface area is 105 Å². The second kappa shape index (κ2) is 6.06. The molecule has 94 valence electrons. The van der Waals surface area contributed by atoms with Crippen molar-refractivity contribution in [1.29, 1.82) is 0 Å². The first-order valence-electron chi connectivity index (χ1n) is 6.87. The molecule has 0 radical (unpaired) electrons. The fraction of sp³-hybridized carbons (Fsp3) is 0.600. The van der Waals surface area contributed by atoms with Gasteiger partial charge in [-0.2, -0.15) is 0 Å². The maximum absolute atomic E-state index is 3.50. The van der Waals surface area contributed by atoms with Crippen LogP contribution in [0, 0.1) is 5.92 Å². The Morgan fingerprint density at radius 1 is 1.12 bits per heavy atom. The van der Waals surface area contributed by atoms with Gasteiger partial charge < -0.3 is 5.32 Å². The molecule has 0 heterocycles. The molecule has 1 saturated carbocycles. The highest BCUT2D eigenvalue weighted by atomic mass is 15.1. The number of hydrogen-bond acceptors (Lipinski definition) is 2. The molecule has 0 spiro atoms. The highest BCUT2D eigenvalue weighted by Gasteiger charge is 2.20. The van der Waals surface area contributed by atoms with E-state index in [1.54, 1.807) is 0 Å². The highest BCUT2D eigenvalue weighted by molar-refractivity contribution is 5.44. The third-order valence-corrected chi connectivity index (χ3v) is 3.55. The van der Waals surface area contributed by atoms with Crippen molar-refractivity contribution in [3.05, 3.63) is 29.8 Å². The summed E-state index contributed by atoms with van der Waals surface area (Å²) in [5, 5.41) is 3.50. The van der Waals surface area contributed by atoms with Gasteiger partial charge in [0.05, 0.1) is 0 Å². The topological polar surface area (TPSA) is 15.3 Å². The van der Waals surface area contributed by atoms with E-state index < -0.39 is 0 Å². The van der Waals surface area contributed by atoms with E-state index in [1.807, 2.05) is 0 Å². The second-order valence-electron chi connectivity index (χ2n) is 4.98. The first-order chi connectivity index (χ1) is 8.31. The third-order valence-electron chi connectivity index (χ3n) is 3.55. The molecule has 1 aliphatic carbocycles. The molecule has 1 N–H and O–H groups in total. The molecular weight excluding hydrogens is 208 g/mol. The van der Waals surface area contributed by atoms with Crippen LogP contribution in [0.25, 0.3) is 0 Å². The average molecular weight is 232 g/mol. The van der Waals surface area contributed by atoms with Crippen LogP contribution < -0.4 is 5.32 Å². The number of nitrogens with one attached hydrogen (secondary N) is 1. The van der Waals surface area contributed by atoms with Gasteiger partial charge in [-0.05, 0) is 49.5 Å². The monoisotopic (exact) mass is 232 g/mol. The summed E-state index contributed by atoms with van der Waals surface area (Å²) in [6, 6.07) is 8.91. The molecule has 2 nitrogen and oxygen atoms in total. The van der Waals surface area contributed by atoms with E-state index in [1.165, 1.54) is 24.1 Å². The van der Waals surface area contributed by atoms with Gasteiger partial charge in [0.1, 0.15) is 0 Å². The van der Waals surface area contributed by atoms with Gasteiger partial charge in [0.15, 0.2) is 0 Å². The summed E-state index contributed by atoms with van der Waals surface area (Å²) >= 11 is 0. The Kier molecular flexibility index (Phi) is 4.43. The van der Waals surface area contributed by atoms with Crippen LogP contribution in [-0.2, 0) is 6.54 Å². The Balaban J connectivity index is 1.83. The Bertz CT molecular complexity index is 323. The zero-order valence-corrected chi connectivity index (χ0v) is 11.1. The van der Waals surface area contributed by atoms with Gasteiger partial charge in [0.25, 0.3) is 0 Å². The largest absolute Gasteiger partial charge is 0.385 e. The van der Waals surface area contributed by atoms with Gasteiger partial charge in [-0.15, -0.1) is 0 Å². The number of benzene rings is 1. The fourth-order valence-corrected chi connectivity index (χ4v) is 2.02. The van der Waals surface area contributed by atoms with E-state index in [0.717, 1.165) is 32.1 Å². The summed E-state index contributed by atoms with van der Waals surface area (Å²) in [6.45, 7) is 8.89. The zero-order chi connectivity index (χ0) is 12.1. The number of hydrogen-bond donors (Lipinski definition) is 1. The van der Waals surface area contributed by atoms with Crippen molar-refractivity contribution in [2.75, 3.05) is 25.0 Å². The summed E-state index contributed by atoms with van der Waals surface area (Å²) < 4.78 is 0. The maximum atomic E-state index is 3.50. The lowest BCUT2D eigenvalue weighted by Gasteiger charge is -2.18. The van der Waals surface area contributed by atoms with E-state index in [0.29, 0.717) is 0 Å². The summed E-state index contributed by atoms with van der Waals surface area (Å²) in [4.78, 5) is 2.44. The lowest BCUT2D eigenvalue weighted by Crippen LogP contribution is -2.22. The first-order valence-corrected chi connectivity index (χ1v) is 6.87. The van der Waals surface area contributed by atoms with Crippen molar-refractivity contribution >= 4 is 5.69 Å². The number of rotatable bonds is 7. The van der Waals surface area contributed by atoms with Crippen LogP contribution in [0.2, 0.25) is 0 Å². The minimum absolute atomic E-state index is 0.936. The lowest BCUT2D eigenvalue weighted by molar-refractivity contribution is 0.296. The predicted octanol–water partition coefficient (Wildman–Crippen LogP) is 3.35. The molecule has 0 amide bonds. The Hall–Kier alpha value is -1.02. The van der Waals surface area contributed by atoms with Gasteiger partial charge in [-0.3, -0.25) is 4.90 Å². The van der Waals surface area contributed by atoms with Crippen molar-refractivity contribution in [3.63, 3.8) is 0 Å². The summed E-state index contributed by atoms with van der Waals surface area (Å²) in [7, 11) is 0. The van der Waals surface area contributed by atoms with Crippen molar-refractivity contribution in [1.82, 2.24) is 4.90 Å². The molecule has 0 aromatic heterocycles. The van der Waals surface area contributed by atoms with Crippen LogP contribution in [0.5, 0.6) is 0 Å². The molecule has 0 aliphatic heterocycles. The van der Waals surface area contributed by atoms with E-state index in [9.17, 15) is 0 Å². The van der Waals surface area contributed by atoms with Crippen LogP contribution in [0.3, 0.4) is 0 Å². The molecule has 0 unspecified atom stereocenters. The molecular formula is C15H24N2. The highest BCUT2D eigenvalue weighted by Crippen LogP contribution is 2.28. The maximum Gasteiger partial charge on any atom is 0.0340 e. The molecule has 1 aromatic carbocycles. The van der Waals surface area contributed by atoms with Crippen LogP contribution in [0.1, 0.15) is 32.3 Å². The fourth-order valence-electron chi connectivity index (χ4n) is 2.02. The van der Waals surface area contributed by atoms with Crippen molar-refractivity contribution in [2.24, 2.45) is 5.92 Å². The molecule has 2 rings (SSSR count). The molecule has 0 bridgehead atoms. The van der Waals surface area contributed by atoms with Crippen LogP contribution >= 0.6 is 0 Å². The molecule has 0 saturated heterocycles. The lowest BCUT2D eigenvalue weighted by atomic mass is 10.2. The molecule has 2 heteroatoms. The predicted molar refractivity (Wildman–Crippen MR) is 74.3 cm³/mol. The average Bonchev–Trinajstić information content (AvgIpc) is 3.19. The van der Waals surface area contributed by atoms with Crippen LogP contribution in [0.4, 0.5) is 5.69 Å². The number of anilines is 1. The third kappa shape index (κ3) is 4.04. The number of nitrogens with zero attached hydrogens (tertiary/aromatic N) is 1. The van der Waals surface area contributed by atoms with Gasteiger partial charge >= 0.3 is 0 Å². The molecule has 0 atom stereocenters. The van der Waals surface area contributed by atoms with Gasteiger partial charge in [0.2, 0.25) is 0 Å². The van der Waals surface area contributed by atoms with Gasteiger partial charge in [0, 0.05) is 18.8 Å². The minimum atomic E-state index is 0.936. The zero-order valence-electron chi connectivity index (χ0n) is 11.1. The van der Waals surface area contributed by atoms with Gasteiger partial charge in [-0.25, -0.2) is 0 Å².